The molecule has 1 aromatic heterocycles. The monoisotopic (exact) mass is 419 g/mol. The number of benzene rings is 2. The van der Waals surface area contributed by atoms with Crippen LogP contribution in [-0.4, -0.2) is 28.3 Å². The lowest BCUT2D eigenvalue weighted by Crippen LogP contribution is -2.32. The normalized spacial score (nSPS) is 18.6. The first kappa shape index (κ1) is 21.2. The number of nitrogens with zero attached hydrogens (tertiary/aromatic N) is 1. The number of aliphatic hydroxyl groups is 1. The third-order valence-corrected chi connectivity index (χ3v) is 5.72. The fourth-order valence-electron chi connectivity index (χ4n) is 4.18. The molecule has 2 heterocycles. The first-order chi connectivity index (χ1) is 15.0. The quantitative estimate of drug-likeness (QED) is 0.564. The number of rotatable bonds is 6. The minimum absolute atomic E-state index is 0.0604. The molecule has 0 spiro atoms. The van der Waals surface area contributed by atoms with Crippen LogP contribution >= 0.6 is 0 Å². The summed E-state index contributed by atoms with van der Waals surface area (Å²) >= 11 is 0. The fourth-order valence-corrected chi connectivity index (χ4v) is 4.18. The van der Waals surface area contributed by atoms with Crippen LogP contribution in [-0.2, 0) is 22.4 Å². The molecule has 0 radical (unpaired) electrons. The summed E-state index contributed by atoms with van der Waals surface area (Å²) in [6, 6.07) is 18.5. The number of carbonyl (C=O) groups is 1. The molecule has 1 aliphatic rings. The number of aromatic nitrogens is 1. The van der Waals surface area contributed by atoms with Gasteiger partial charge >= 0.3 is 5.97 Å². The van der Waals surface area contributed by atoms with E-state index in [-0.39, 0.29) is 24.3 Å². The van der Waals surface area contributed by atoms with E-state index in [1.807, 2.05) is 30.3 Å². The zero-order valence-electron chi connectivity index (χ0n) is 17.6. The van der Waals surface area contributed by atoms with Crippen LogP contribution in [0, 0.1) is 5.82 Å². The van der Waals surface area contributed by atoms with Crippen LogP contribution in [0.1, 0.15) is 37.4 Å². The van der Waals surface area contributed by atoms with Gasteiger partial charge in [0.05, 0.1) is 18.2 Å². The first-order valence-electron chi connectivity index (χ1n) is 10.7. The number of aryl methyl sites for hydroxylation is 1. The average Bonchev–Trinajstić information content (AvgIpc) is 2.77. The molecule has 2 aromatic carbocycles. The number of ether oxygens (including phenoxy) is 1. The number of carbonyl (C=O) groups excluding carboxylic acids is 1. The van der Waals surface area contributed by atoms with E-state index in [1.165, 1.54) is 12.1 Å². The highest BCUT2D eigenvalue weighted by Crippen LogP contribution is 2.33. The van der Waals surface area contributed by atoms with Crippen molar-refractivity contribution in [3.05, 3.63) is 77.7 Å². The maximum absolute atomic E-state index is 13.6. The average molecular weight is 419 g/mol. The minimum Gasteiger partial charge on any atom is -0.462 e. The van der Waals surface area contributed by atoms with Gasteiger partial charge in [-0.05, 0) is 54.2 Å². The second-order valence-corrected chi connectivity index (χ2v) is 7.95. The van der Waals surface area contributed by atoms with E-state index < -0.39 is 6.10 Å². The Morgan fingerprint density at radius 3 is 2.52 bits per heavy atom. The number of pyridine rings is 1. The summed E-state index contributed by atoms with van der Waals surface area (Å²) in [7, 11) is 0. The van der Waals surface area contributed by atoms with Crippen LogP contribution in [0.3, 0.4) is 0 Å². The number of halogens is 1. The topological polar surface area (TPSA) is 59.4 Å². The van der Waals surface area contributed by atoms with Crippen LogP contribution in [0.15, 0.2) is 60.7 Å². The number of hydrogen-bond donors (Lipinski definition) is 1. The molecule has 1 fully saturated rings. The van der Waals surface area contributed by atoms with E-state index in [0.717, 1.165) is 40.1 Å². The third kappa shape index (κ3) is 5.00. The molecule has 2 unspecified atom stereocenters. The second kappa shape index (κ2) is 9.40. The minimum atomic E-state index is -0.646. The Hall–Kier alpha value is -3.05. The van der Waals surface area contributed by atoms with E-state index in [0.29, 0.717) is 19.3 Å². The maximum Gasteiger partial charge on any atom is 0.308 e. The zero-order valence-corrected chi connectivity index (χ0v) is 17.6. The van der Waals surface area contributed by atoms with E-state index in [1.54, 1.807) is 12.1 Å². The Morgan fingerprint density at radius 2 is 1.84 bits per heavy atom. The number of cyclic esters (lactones) is 1. The van der Waals surface area contributed by atoms with Gasteiger partial charge < -0.3 is 9.84 Å². The van der Waals surface area contributed by atoms with Gasteiger partial charge in [-0.2, -0.15) is 0 Å². The van der Waals surface area contributed by atoms with Crippen molar-refractivity contribution in [1.82, 2.24) is 4.98 Å². The van der Waals surface area contributed by atoms with Crippen molar-refractivity contribution in [3.63, 3.8) is 0 Å². The van der Waals surface area contributed by atoms with Gasteiger partial charge in [0.15, 0.2) is 0 Å². The fraction of sp³-hybridized carbons (Fsp3) is 0.308. The van der Waals surface area contributed by atoms with Gasteiger partial charge in [0.1, 0.15) is 11.9 Å². The van der Waals surface area contributed by atoms with Gasteiger partial charge in [0.2, 0.25) is 0 Å². The van der Waals surface area contributed by atoms with Gasteiger partial charge in [-0.1, -0.05) is 49.4 Å². The molecular formula is C26H26FNO3. The molecule has 0 amide bonds. The summed E-state index contributed by atoms with van der Waals surface area (Å²) in [5.74, 6) is -0.628. The van der Waals surface area contributed by atoms with E-state index in [9.17, 15) is 14.3 Å². The first-order valence-corrected chi connectivity index (χ1v) is 10.7. The number of esters is 1. The number of aliphatic hydroxyl groups excluding tert-OH is 1. The Balaban J connectivity index is 1.73. The van der Waals surface area contributed by atoms with Gasteiger partial charge in [-0.3, -0.25) is 9.78 Å². The number of hydrogen-bond acceptors (Lipinski definition) is 4. The molecule has 160 valence electrons. The van der Waals surface area contributed by atoms with Crippen LogP contribution in [0.5, 0.6) is 0 Å². The predicted octanol–water partition coefficient (Wildman–Crippen LogP) is 5.12. The lowest BCUT2D eigenvalue weighted by Gasteiger charge is -2.26. The van der Waals surface area contributed by atoms with Crippen LogP contribution in [0.25, 0.3) is 22.4 Å². The molecule has 4 nitrogen and oxygen atoms in total. The predicted molar refractivity (Wildman–Crippen MR) is 118 cm³/mol. The largest absolute Gasteiger partial charge is 0.462 e. The van der Waals surface area contributed by atoms with Crippen molar-refractivity contribution < 1.29 is 19.0 Å². The van der Waals surface area contributed by atoms with Crippen molar-refractivity contribution in [3.8, 4) is 22.4 Å². The summed E-state index contributed by atoms with van der Waals surface area (Å²) in [5, 5.41) is 9.92. The molecule has 0 aliphatic carbocycles. The molecule has 5 heteroatoms. The van der Waals surface area contributed by atoms with Gasteiger partial charge in [0, 0.05) is 17.7 Å². The molecule has 4 rings (SSSR count). The van der Waals surface area contributed by atoms with Gasteiger partial charge in [-0.25, -0.2) is 4.39 Å². The third-order valence-electron chi connectivity index (χ3n) is 5.72. The smallest absolute Gasteiger partial charge is 0.308 e. The van der Waals surface area contributed by atoms with E-state index >= 15 is 0 Å². The van der Waals surface area contributed by atoms with E-state index in [4.69, 9.17) is 9.72 Å². The standard InChI is InChI=1S/C26H26FNO3/c1-2-24-22(13-12-21-14-20(29)15-26(30)31-21)23(17-8-10-19(27)11-9-17)16-25(28-24)18-6-4-3-5-7-18/h3-11,16,20-21,29H,2,12-15H2,1H3. The molecule has 2 atom stereocenters. The van der Waals surface area contributed by atoms with Crippen LogP contribution in [0.2, 0.25) is 0 Å². The summed E-state index contributed by atoms with van der Waals surface area (Å²) in [4.78, 5) is 16.6. The SMILES string of the molecule is CCc1nc(-c2ccccc2)cc(-c2ccc(F)cc2)c1CCC1CC(O)CC(=O)O1. The molecular weight excluding hydrogens is 393 g/mol. The Bertz CT molecular complexity index is 1050. The second-order valence-electron chi connectivity index (χ2n) is 7.95. The van der Waals surface area contributed by atoms with Gasteiger partial charge in [-0.15, -0.1) is 0 Å². The lowest BCUT2D eigenvalue weighted by molar-refractivity contribution is -0.160. The molecule has 0 bridgehead atoms. The van der Waals surface area contributed by atoms with Crippen molar-refractivity contribution in [2.75, 3.05) is 0 Å². The maximum atomic E-state index is 13.6. The summed E-state index contributed by atoms with van der Waals surface area (Å²) < 4.78 is 19.0. The Kier molecular flexibility index (Phi) is 6.42. The highest BCUT2D eigenvalue weighted by atomic mass is 19.1. The van der Waals surface area contributed by atoms with Crippen molar-refractivity contribution >= 4 is 5.97 Å². The molecule has 1 saturated heterocycles. The molecule has 0 saturated carbocycles. The van der Waals surface area contributed by atoms with Gasteiger partial charge in [0.25, 0.3) is 0 Å². The molecule has 1 N–H and O–H groups in total. The van der Waals surface area contributed by atoms with Crippen molar-refractivity contribution in [1.29, 1.82) is 0 Å². The molecule has 31 heavy (non-hydrogen) atoms. The highest BCUT2D eigenvalue weighted by molar-refractivity contribution is 5.74. The summed E-state index contributed by atoms with van der Waals surface area (Å²) in [6.45, 7) is 2.07. The van der Waals surface area contributed by atoms with E-state index in [2.05, 4.69) is 13.0 Å². The van der Waals surface area contributed by atoms with Crippen LogP contribution in [0.4, 0.5) is 4.39 Å². The van der Waals surface area contributed by atoms with Crippen molar-refractivity contribution in [2.24, 2.45) is 0 Å². The highest BCUT2D eigenvalue weighted by Gasteiger charge is 2.27. The molecule has 3 aromatic rings. The van der Waals surface area contributed by atoms with Crippen molar-refractivity contribution in [2.45, 2.75) is 51.2 Å². The Morgan fingerprint density at radius 1 is 1.10 bits per heavy atom. The zero-order chi connectivity index (χ0) is 21.8. The Labute approximate surface area is 181 Å². The summed E-state index contributed by atoms with van der Waals surface area (Å²) in [6.07, 6.45) is 1.57. The lowest BCUT2D eigenvalue weighted by atomic mass is 9.91. The summed E-state index contributed by atoms with van der Waals surface area (Å²) in [5.41, 5.74) is 5.88. The van der Waals surface area contributed by atoms with Crippen LogP contribution < -0.4 is 0 Å². The molecule has 1 aliphatic heterocycles.